The molecule has 3 unspecified atom stereocenters. The van der Waals surface area contributed by atoms with E-state index < -0.39 is 7.60 Å². The summed E-state index contributed by atoms with van der Waals surface area (Å²) in [6, 6.07) is 0. The molecule has 0 N–H and O–H groups in total. The SMILES string of the molecule is COCC1O[CH+]CC1OP(C)(=O)OC. The van der Waals surface area contributed by atoms with Crippen LogP contribution >= 0.6 is 7.60 Å². The first kappa shape index (κ1) is 12.0. The van der Waals surface area contributed by atoms with E-state index in [1.807, 2.05) is 0 Å². The van der Waals surface area contributed by atoms with Crippen molar-refractivity contribution in [2.45, 2.75) is 18.6 Å². The zero-order valence-corrected chi connectivity index (χ0v) is 9.53. The van der Waals surface area contributed by atoms with Gasteiger partial charge in [-0.3, -0.25) is 9.09 Å². The van der Waals surface area contributed by atoms with Gasteiger partial charge in [0.1, 0.15) is 6.10 Å². The first-order valence-corrected chi connectivity index (χ1v) is 6.36. The fourth-order valence-electron chi connectivity index (χ4n) is 1.22. The van der Waals surface area contributed by atoms with Gasteiger partial charge < -0.3 is 9.26 Å². The second-order valence-electron chi connectivity index (χ2n) is 3.13. The van der Waals surface area contributed by atoms with Crippen LogP contribution in [-0.2, 0) is 23.1 Å². The number of hydrogen-bond acceptors (Lipinski definition) is 5. The Hall–Kier alpha value is -0.0600. The van der Waals surface area contributed by atoms with Crippen LogP contribution in [0.15, 0.2) is 0 Å². The summed E-state index contributed by atoms with van der Waals surface area (Å²) in [6.07, 6.45) is 0.170. The van der Waals surface area contributed by atoms with Crippen LogP contribution in [0, 0.1) is 6.61 Å². The van der Waals surface area contributed by atoms with Crippen LogP contribution in [0.2, 0.25) is 0 Å². The Balaban J connectivity index is 2.47. The summed E-state index contributed by atoms with van der Waals surface area (Å²) in [4.78, 5) is 0. The van der Waals surface area contributed by atoms with Crippen LogP contribution in [0.5, 0.6) is 0 Å². The van der Waals surface area contributed by atoms with Crippen LogP contribution in [-0.4, -0.2) is 39.7 Å². The van der Waals surface area contributed by atoms with Gasteiger partial charge in [0.15, 0.2) is 12.5 Å². The monoisotopic (exact) mass is 223 g/mol. The molecule has 0 aromatic heterocycles. The lowest BCUT2D eigenvalue weighted by Crippen LogP contribution is -2.28. The van der Waals surface area contributed by atoms with Crippen LogP contribution in [0.3, 0.4) is 0 Å². The van der Waals surface area contributed by atoms with E-state index in [0.29, 0.717) is 13.0 Å². The number of rotatable bonds is 5. The van der Waals surface area contributed by atoms with Gasteiger partial charge in [-0.15, -0.1) is 0 Å². The normalized spacial score (nSPS) is 31.1. The Labute approximate surface area is 84.2 Å². The van der Waals surface area contributed by atoms with Gasteiger partial charge in [0.2, 0.25) is 6.61 Å². The summed E-state index contributed by atoms with van der Waals surface area (Å²) >= 11 is 0. The van der Waals surface area contributed by atoms with Gasteiger partial charge in [-0.2, -0.15) is 4.74 Å². The second kappa shape index (κ2) is 5.14. The number of ether oxygens (including phenoxy) is 2. The summed E-state index contributed by atoms with van der Waals surface area (Å²) in [5.74, 6) is 0. The summed E-state index contributed by atoms with van der Waals surface area (Å²) < 4.78 is 31.8. The van der Waals surface area contributed by atoms with E-state index in [2.05, 4.69) is 0 Å². The van der Waals surface area contributed by atoms with Crippen molar-refractivity contribution in [1.82, 2.24) is 0 Å². The van der Waals surface area contributed by atoms with Gasteiger partial charge in [-0.1, -0.05) is 0 Å². The first-order chi connectivity index (χ1) is 6.59. The predicted molar refractivity (Wildman–Crippen MR) is 51.1 cm³/mol. The molecule has 6 heteroatoms. The molecule has 1 heterocycles. The molecule has 0 amide bonds. The molecular weight excluding hydrogens is 207 g/mol. The highest BCUT2D eigenvalue weighted by Gasteiger charge is 2.40. The molecule has 0 aromatic rings. The molecule has 3 atom stereocenters. The van der Waals surface area contributed by atoms with Gasteiger partial charge in [0.25, 0.3) is 0 Å². The average Bonchev–Trinajstić information content (AvgIpc) is 2.53. The van der Waals surface area contributed by atoms with Gasteiger partial charge in [0.05, 0.1) is 6.61 Å². The molecule has 0 spiro atoms. The molecule has 0 radical (unpaired) electrons. The Morgan fingerprint density at radius 1 is 1.57 bits per heavy atom. The third-order valence-electron chi connectivity index (χ3n) is 2.00. The molecule has 1 aliphatic rings. The molecule has 82 valence electrons. The highest BCUT2D eigenvalue weighted by Crippen LogP contribution is 2.46. The minimum atomic E-state index is -2.94. The van der Waals surface area contributed by atoms with E-state index in [4.69, 9.17) is 18.5 Å². The predicted octanol–water partition coefficient (Wildman–Crippen LogP) is 1.44. The Morgan fingerprint density at radius 3 is 2.86 bits per heavy atom. The Bertz CT molecular complexity index is 220. The minimum absolute atomic E-state index is 0.191. The molecule has 0 aromatic carbocycles. The molecule has 0 saturated carbocycles. The third-order valence-corrected chi connectivity index (χ3v) is 3.32. The zero-order valence-electron chi connectivity index (χ0n) is 8.63. The lowest BCUT2D eigenvalue weighted by molar-refractivity contribution is 0.00666. The molecule has 1 rings (SSSR count). The molecule has 1 saturated heterocycles. The largest absolute Gasteiger partial charge is 0.382 e. The van der Waals surface area contributed by atoms with Crippen molar-refractivity contribution in [1.29, 1.82) is 0 Å². The Kier molecular flexibility index (Phi) is 4.41. The van der Waals surface area contributed by atoms with E-state index in [9.17, 15) is 4.57 Å². The first-order valence-electron chi connectivity index (χ1n) is 4.37. The van der Waals surface area contributed by atoms with Crippen LogP contribution in [0.1, 0.15) is 6.42 Å². The maximum atomic E-state index is 11.5. The molecule has 14 heavy (non-hydrogen) atoms. The number of methoxy groups -OCH3 is 1. The van der Waals surface area contributed by atoms with Crippen LogP contribution in [0.25, 0.3) is 0 Å². The van der Waals surface area contributed by atoms with E-state index >= 15 is 0 Å². The smallest absolute Gasteiger partial charge is 0.327 e. The summed E-state index contributed by atoms with van der Waals surface area (Å²) in [7, 11) is 0.0114. The quantitative estimate of drug-likeness (QED) is 0.521. The highest BCUT2D eigenvalue weighted by atomic mass is 31.2. The highest BCUT2D eigenvalue weighted by molar-refractivity contribution is 7.52. The molecule has 1 fully saturated rings. The molecular formula is C8H16O5P+. The van der Waals surface area contributed by atoms with Crippen molar-refractivity contribution in [3.8, 4) is 0 Å². The standard InChI is InChI=1S/C8H16O5P/c1-10-6-8-7(4-5-12-8)13-14(3,9)11-2/h5,7-8H,4,6H2,1-3H3/q+1. The van der Waals surface area contributed by atoms with Crippen molar-refractivity contribution >= 4 is 7.60 Å². The molecule has 0 bridgehead atoms. The summed E-state index contributed by atoms with van der Waals surface area (Å²) in [5.41, 5.74) is 0. The van der Waals surface area contributed by atoms with Crippen molar-refractivity contribution in [3.05, 3.63) is 6.61 Å². The van der Waals surface area contributed by atoms with Crippen molar-refractivity contribution in [3.63, 3.8) is 0 Å². The van der Waals surface area contributed by atoms with Gasteiger partial charge in [-0.25, -0.2) is 0 Å². The average molecular weight is 223 g/mol. The maximum Gasteiger partial charge on any atom is 0.327 e. The molecule has 0 aliphatic carbocycles. The van der Waals surface area contributed by atoms with Gasteiger partial charge >= 0.3 is 7.60 Å². The summed E-state index contributed by atoms with van der Waals surface area (Å²) in [6.45, 7) is 3.50. The second-order valence-corrected chi connectivity index (χ2v) is 5.25. The topological polar surface area (TPSA) is 54.0 Å². The number of hydrogen-bond donors (Lipinski definition) is 0. The van der Waals surface area contributed by atoms with Gasteiger partial charge in [0, 0.05) is 20.9 Å². The summed E-state index contributed by atoms with van der Waals surface area (Å²) in [5, 5.41) is 0. The lowest BCUT2D eigenvalue weighted by atomic mass is 10.2. The zero-order chi connectivity index (χ0) is 10.6. The lowest BCUT2D eigenvalue weighted by Gasteiger charge is -2.18. The third kappa shape index (κ3) is 3.26. The van der Waals surface area contributed by atoms with Crippen molar-refractivity contribution < 1.29 is 23.1 Å². The van der Waals surface area contributed by atoms with E-state index in [0.717, 1.165) is 0 Å². The van der Waals surface area contributed by atoms with E-state index in [1.54, 1.807) is 13.7 Å². The Morgan fingerprint density at radius 2 is 2.29 bits per heavy atom. The van der Waals surface area contributed by atoms with Gasteiger partial charge in [-0.05, 0) is 0 Å². The van der Waals surface area contributed by atoms with Crippen LogP contribution in [0.4, 0.5) is 0 Å². The van der Waals surface area contributed by atoms with E-state index in [-0.39, 0.29) is 12.2 Å². The van der Waals surface area contributed by atoms with Crippen LogP contribution < -0.4 is 0 Å². The molecule has 5 nitrogen and oxygen atoms in total. The fraction of sp³-hybridized carbons (Fsp3) is 0.875. The maximum absolute atomic E-state index is 11.5. The van der Waals surface area contributed by atoms with E-state index in [1.165, 1.54) is 13.8 Å². The minimum Gasteiger partial charge on any atom is -0.382 e. The fourth-order valence-corrected chi connectivity index (χ4v) is 2.02. The van der Waals surface area contributed by atoms with Crippen molar-refractivity contribution in [2.24, 2.45) is 0 Å². The van der Waals surface area contributed by atoms with Crippen molar-refractivity contribution in [2.75, 3.05) is 27.5 Å². The molecule has 1 aliphatic heterocycles.